The molecule has 0 N–H and O–H groups in total. The van der Waals surface area contributed by atoms with Crippen LogP contribution in [0.15, 0.2) is 95.5 Å². The van der Waals surface area contributed by atoms with E-state index in [-0.39, 0.29) is 22.4 Å². The van der Waals surface area contributed by atoms with Gasteiger partial charge < -0.3 is 0 Å². The molecule has 0 aliphatic heterocycles. The van der Waals surface area contributed by atoms with Crippen molar-refractivity contribution in [2.75, 3.05) is 0 Å². The Labute approximate surface area is 190 Å². The van der Waals surface area contributed by atoms with Crippen LogP contribution < -0.4 is 0 Å². The van der Waals surface area contributed by atoms with Gasteiger partial charge in [-0.15, -0.1) is 0 Å². The number of pyridine rings is 1. The molecule has 3 aromatic carbocycles. The number of hydrogen-bond donors (Lipinski definition) is 0. The molecule has 0 saturated carbocycles. The van der Waals surface area contributed by atoms with E-state index in [9.17, 15) is 13.2 Å². The zero-order valence-electron chi connectivity index (χ0n) is 16.5. The van der Waals surface area contributed by atoms with E-state index in [1.54, 1.807) is 60.7 Å². The lowest BCUT2D eigenvalue weighted by molar-refractivity contribution is -0.136. The van der Waals surface area contributed by atoms with Gasteiger partial charge in [0.05, 0.1) is 22.3 Å². The highest BCUT2D eigenvalue weighted by atomic mass is 79.9. The van der Waals surface area contributed by atoms with E-state index in [0.29, 0.717) is 16.8 Å². The van der Waals surface area contributed by atoms with Gasteiger partial charge in [0, 0.05) is 15.6 Å². The minimum atomic E-state index is -4.58. The number of aromatic nitrogens is 3. The van der Waals surface area contributed by atoms with Gasteiger partial charge in [0.1, 0.15) is 5.69 Å². The number of alkyl halides is 3. The van der Waals surface area contributed by atoms with Crippen LogP contribution in [0.1, 0.15) is 5.56 Å². The number of benzene rings is 3. The largest absolute Gasteiger partial charge is 0.417 e. The number of nitrogens with zero attached hydrogens (tertiary/aromatic N) is 3. The lowest BCUT2D eigenvalue weighted by Gasteiger charge is -2.12. The monoisotopic (exact) mass is 493 g/mol. The van der Waals surface area contributed by atoms with Crippen molar-refractivity contribution in [3.05, 3.63) is 101 Å². The molecule has 5 rings (SSSR count). The predicted molar refractivity (Wildman–Crippen MR) is 122 cm³/mol. The molecule has 0 bridgehead atoms. The van der Waals surface area contributed by atoms with Gasteiger partial charge in [-0.25, -0.2) is 9.67 Å². The minimum absolute atomic E-state index is 0.0247. The molecule has 0 saturated heterocycles. The van der Waals surface area contributed by atoms with Gasteiger partial charge in [0.15, 0.2) is 5.65 Å². The quantitative estimate of drug-likeness (QED) is 0.260. The summed E-state index contributed by atoms with van der Waals surface area (Å²) in [5, 5.41) is 4.58. The van der Waals surface area contributed by atoms with E-state index in [1.165, 1.54) is 4.68 Å². The summed E-state index contributed by atoms with van der Waals surface area (Å²) in [6, 6.07) is 26.1. The van der Waals surface area contributed by atoms with Crippen LogP contribution in [0.5, 0.6) is 0 Å². The van der Waals surface area contributed by atoms with Gasteiger partial charge in [0.2, 0.25) is 0 Å². The maximum absolute atomic E-state index is 14.3. The van der Waals surface area contributed by atoms with E-state index in [1.807, 2.05) is 24.3 Å². The van der Waals surface area contributed by atoms with Crippen molar-refractivity contribution in [2.45, 2.75) is 6.18 Å². The molecule has 0 atom stereocenters. The average molecular weight is 494 g/mol. The molecule has 7 heteroatoms. The molecule has 0 aliphatic rings. The highest BCUT2D eigenvalue weighted by molar-refractivity contribution is 9.10. The van der Waals surface area contributed by atoms with E-state index >= 15 is 0 Å². The lowest BCUT2D eigenvalue weighted by Crippen LogP contribution is -2.08. The molecular formula is C25H15BrF3N3. The number of hydrogen-bond acceptors (Lipinski definition) is 2. The fourth-order valence-corrected chi connectivity index (χ4v) is 3.92. The van der Waals surface area contributed by atoms with Crippen molar-refractivity contribution in [1.29, 1.82) is 0 Å². The molecule has 2 heterocycles. The van der Waals surface area contributed by atoms with Crippen LogP contribution in [0.2, 0.25) is 0 Å². The third-order valence-corrected chi connectivity index (χ3v) is 5.66. The Morgan fingerprint density at radius 3 is 2.00 bits per heavy atom. The van der Waals surface area contributed by atoms with E-state index in [4.69, 9.17) is 0 Å². The summed E-state index contributed by atoms with van der Waals surface area (Å²) in [4.78, 5) is 4.65. The normalized spacial score (nSPS) is 11.8. The van der Waals surface area contributed by atoms with Gasteiger partial charge in [-0.1, -0.05) is 76.6 Å². The van der Waals surface area contributed by atoms with Crippen molar-refractivity contribution in [3.8, 4) is 28.2 Å². The molecule has 3 nitrogen and oxygen atoms in total. The first-order chi connectivity index (χ1) is 15.4. The first-order valence-corrected chi connectivity index (χ1v) is 10.6. The maximum atomic E-state index is 14.3. The molecule has 5 aromatic rings. The van der Waals surface area contributed by atoms with Gasteiger partial charge in [-0.05, 0) is 30.3 Å². The molecule has 158 valence electrons. The molecule has 0 fully saturated rings. The van der Waals surface area contributed by atoms with Crippen molar-refractivity contribution in [1.82, 2.24) is 14.8 Å². The molecule has 0 amide bonds. The maximum Gasteiger partial charge on any atom is 0.417 e. The van der Waals surface area contributed by atoms with Crippen molar-refractivity contribution in [2.24, 2.45) is 0 Å². The van der Waals surface area contributed by atoms with Crippen LogP contribution in [-0.2, 0) is 6.18 Å². The molecule has 2 aromatic heterocycles. The van der Waals surface area contributed by atoms with E-state index in [0.717, 1.165) is 10.5 Å². The third kappa shape index (κ3) is 3.69. The minimum Gasteiger partial charge on any atom is -0.228 e. The summed E-state index contributed by atoms with van der Waals surface area (Å²) in [5.74, 6) is 0. The van der Waals surface area contributed by atoms with Crippen LogP contribution in [0, 0.1) is 0 Å². The average Bonchev–Trinajstić information content (AvgIpc) is 3.19. The fourth-order valence-electron chi connectivity index (χ4n) is 3.66. The third-order valence-electron chi connectivity index (χ3n) is 5.13. The van der Waals surface area contributed by atoms with Crippen molar-refractivity contribution < 1.29 is 13.2 Å². The van der Waals surface area contributed by atoms with Crippen molar-refractivity contribution >= 4 is 27.0 Å². The van der Waals surface area contributed by atoms with Gasteiger partial charge in [-0.3, -0.25) is 0 Å². The molecule has 0 radical (unpaired) electrons. The lowest BCUT2D eigenvalue weighted by atomic mass is 10.0. The number of halogens is 4. The summed E-state index contributed by atoms with van der Waals surface area (Å²) < 4.78 is 45.2. The van der Waals surface area contributed by atoms with Crippen LogP contribution in [0.25, 0.3) is 39.2 Å². The Balaban J connectivity index is 1.90. The SMILES string of the molecule is FC(F)(F)c1cc(-c2ccccc2)nc2c1c(-c1ccc(Br)cc1)nn2-c1ccccc1. The molecular weight excluding hydrogens is 479 g/mol. The Morgan fingerprint density at radius 1 is 0.750 bits per heavy atom. The predicted octanol–water partition coefficient (Wildman–Crippen LogP) is 7.54. The van der Waals surface area contributed by atoms with Crippen LogP contribution in [-0.4, -0.2) is 14.8 Å². The topological polar surface area (TPSA) is 30.7 Å². The number of rotatable bonds is 3. The zero-order valence-corrected chi connectivity index (χ0v) is 18.1. The van der Waals surface area contributed by atoms with Gasteiger partial charge in [-0.2, -0.15) is 18.3 Å². The Morgan fingerprint density at radius 2 is 1.38 bits per heavy atom. The summed E-state index contributed by atoms with van der Waals surface area (Å²) in [5.41, 5.74) is 1.68. The molecule has 0 spiro atoms. The van der Waals surface area contributed by atoms with E-state index in [2.05, 4.69) is 26.0 Å². The second-order valence-corrected chi connectivity index (χ2v) is 8.14. The van der Waals surface area contributed by atoms with Crippen LogP contribution in [0.3, 0.4) is 0 Å². The Kier molecular flexibility index (Phi) is 5.06. The highest BCUT2D eigenvalue weighted by Crippen LogP contribution is 2.41. The molecule has 0 unspecified atom stereocenters. The second kappa shape index (κ2) is 7.91. The Bertz CT molecular complexity index is 1390. The molecule has 0 aliphatic carbocycles. The number of para-hydroxylation sites is 1. The zero-order chi connectivity index (χ0) is 22.3. The van der Waals surface area contributed by atoms with Crippen LogP contribution >= 0.6 is 15.9 Å². The Hall–Kier alpha value is -3.45. The summed E-state index contributed by atoms with van der Waals surface area (Å²) in [6.45, 7) is 0. The second-order valence-electron chi connectivity index (χ2n) is 7.22. The fraction of sp³-hybridized carbons (Fsp3) is 0.0400. The van der Waals surface area contributed by atoms with Gasteiger partial charge >= 0.3 is 6.18 Å². The first kappa shape index (κ1) is 20.5. The van der Waals surface area contributed by atoms with Crippen molar-refractivity contribution in [3.63, 3.8) is 0 Å². The number of fused-ring (bicyclic) bond motifs is 1. The smallest absolute Gasteiger partial charge is 0.228 e. The molecule has 32 heavy (non-hydrogen) atoms. The van der Waals surface area contributed by atoms with Crippen LogP contribution in [0.4, 0.5) is 13.2 Å². The van der Waals surface area contributed by atoms with Gasteiger partial charge in [0.25, 0.3) is 0 Å². The standard InChI is InChI=1S/C25H15BrF3N3/c26-18-13-11-17(12-14-18)23-22-20(25(27,28)29)15-21(16-7-3-1-4-8-16)30-24(22)32(31-23)19-9-5-2-6-10-19/h1-15H. The summed E-state index contributed by atoms with van der Waals surface area (Å²) in [7, 11) is 0. The van der Waals surface area contributed by atoms with E-state index < -0.39 is 11.7 Å². The summed E-state index contributed by atoms with van der Waals surface area (Å²) >= 11 is 3.37. The summed E-state index contributed by atoms with van der Waals surface area (Å²) in [6.07, 6.45) is -4.58. The first-order valence-electron chi connectivity index (χ1n) is 9.79. The highest BCUT2D eigenvalue weighted by Gasteiger charge is 2.36.